The Morgan fingerprint density at radius 1 is 1.38 bits per heavy atom. The Labute approximate surface area is 75.9 Å². The van der Waals surface area contributed by atoms with Crippen LogP contribution in [0.2, 0.25) is 0 Å². The summed E-state index contributed by atoms with van der Waals surface area (Å²) in [5.74, 6) is -1.12. The van der Waals surface area contributed by atoms with Crippen LogP contribution in [0.5, 0.6) is 0 Å². The number of halogens is 2. The molecule has 0 aliphatic carbocycles. The lowest BCUT2D eigenvalue weighted by Gasteiger charge is -2.00. The molecule has 2 N–H and O–H groups in total. The van der Waals surface area contributed by atoms with E-state index in [1.807, 2.05) is 0 Å². The van der Waals surface area contributed by atoms with Gasteiger partial charge >= 0.3 is 0 Å². The van der Waals surface area contributed by atoms with Gasteiger partial charge in [-0.15, -0.1) is 0 Å². The van der Waals surface area contributed by atoms with Crippen LogP contribution >= 0.6 is 0 Å². The summed E-state index contributed by atoms with van der Waals surface area (Å²) in [6.07, 6.45) is 1.42. The van der Waals surface area contributed by atoms with Crippen LogP contribution in [-0.4, -0.2) is 6.54 Å². The minimum atomic E-state index is -0.562. The van der Waals surface area contributed by atoms with E-state index in [0.29, 0.717) is 6.54 Å². The molecule has 0 heterocycles. The molecule has 0 aromatic heterocycles. The van der Waals surface area contributed by atoms with Gasteiger partial charge in [0, 0.05) is 12.1 Å². The highest BCUT2D eigenvalue weighted by molar-refractivity contribution is 5.53. The third-order valence-electron chi connectivity index (χ3n) is 1.71. The molecular formula is C10H11F2N. The quantitative estimate of drug-likeness (QED) is 0.748. The molecular weight excluding hydrogens is 172 g/mol. The Kier molecular flexibility index (Phi) is 3.14. The van der Waals surface area contributed by atoms with Gasteiger partial charge in [0.2, 0.25) is 0 Å². The van der Waals surface area contributed by atoms with Gasteiger partial charge < -0.3 is 5.73 Å². The van der Waals surface area contributed by atoms with E-state index < -0.39 is 11.6 Å². The fraction of sp³-hybridized carbons (Fsp3) is 0.200. The second-order valence-corrected chi connectivity index (χ2v) is 2.83. The molecule has 1 aromatic carbocycles. The molecule has 0 saturated heterocycles. The van der Waals surface area contributed by atoms with Gasteiger partial charge in [-0.3, -0.25) is 0 Å². The van der Waals surface area contributed by atoms with Crippen molar-refractivity contribution in [2.75, 3.05) is 6.54 Å². The maximum absolute atomic E-state index is 13.0. The van der Waals surface area contributed by atoms with Crippen molar-refractivity contribution in [3.05, 3.63) is 41.0 Å². The molecule has 1 aromatic rings. The Hall–Kier alpha value is -1.22. The molecule has 0 amide bonds. The van der Waals surface area contributed by atoms with Gasteiger partial charge in [-0.1, -0.05) is 11.6 Å². The molecule has 70 valence electrons. The maximum Gasteiger partial charge on any atom is 0.133 e. The molecule has 0 aliphatic heterocycles. The third-order valence-corrected chi connectivity index (χ3v) is 1.71. The molecule has 1 rings (SSSR count). The minimum Gasteiger partial charge on any atom is -0.327 e. The Bertz CT molecular complexity index is 311. The van der Waals surface area contributed by atoms with Crippen LogP contribution in [0.25, 0.3) is 6.08 Å². The standard InChI is InChI=1S/C10H11F2N/c1-7(6-13)5-8-9(11)3-2-4-10(8)12/h2-5H,6,13H2,1H3/b7-5-. The molecule has 1 nitrogen and oxygen atoms in total. The number of hydrogen-bond donors (Lipinski definition) is 1. The molecule has 3 heteroatoms. The Balaban J connectivity index is 3.14. The summed E-state index contributed by atoms with van der Waals surface area (Å²) in [7, 11) is 0. The van der Waals surface area contributed by atoms with Gasteiger partial charge in [0.15, 0.2) is 0 Å². The van der Waals surface area contributed by atoms with E-state index in [1.165, 1.54) is 24.3 Å². The lowest BCUT2D eigenvalue weighted by atomic mass is 10.1. The van der Waals surface area contributed by atoms with E-state index in [1.54, 1.807) is 6.92 Å². The summed E-state index contributed by atoms with van der Waals surface area (Å²) < 4.78 is 26.0. The average Bonchev–Trinajstić information content (AvgIpc) is 2.11. The van der Waals surface area contributed by atoms with Crippen LogP contribution in [0, 0.1) is 11.6 Å². The monoisotopic (exact) mass is 183 g/mol. The van der Waals surface area contributed by atoms with Gasteiger partial charge in [-0.2, -0.15) is 0 Å². The Morgan fingerprint density at radius 3 is 2.38 bits per heavy atom. The predicted octanol–water partition coefficient (Wildman–Crippen LogP) is 2.33. The van der Waals surface area contributed by atoms with E-state index in [2.05, 4.69) is 0 Å². The number of rotatable bonds is 2. The second-order valence-electron chi connectivity index (χ2n) is 2.83. The van der Waals surface area contributed by atoms with Crippen molar-refractivity contribution >= 4 is 6.08 Å². The molecule has 0 fully saturated rings. The average molecular weight is 183 g/mol. The third kappa shape index (κ3) is 2.36. The fourth-order valence-electron chi connectivity index (χ4n) is 0.954. The number of benzene rings is 1. The van der Waals surface area contributed by atoms with E-state index in [4.69, 9.17) is 5.73 Å². The number of hydrogen-bond acceptors (Lipinski definition) is 1. The van der Waals surface area contributed by atoms with Crippen LogP contribution in [0.15, 0.2) is 23.8 Å². The summed E-state index contributed by atoms with van der Waals surface area (Å²) in [5.41, 5.74) is 6.02. The summed E-state index contributed by atoms with van der Waals surface area (Å²) in [5, 5.41) is 0. The first-order valence-electron chi connectivity index (χ1n) is 3.96. The first-order chi connectivity index (χ1) is 6.15. The number of nitrogens with two attached hydrogens (primary N) is 1. The molecule has 0 unspecified atom stereocenters. The summed E-state index contributed by atoms with van der Waals surface area (Å²) in [6, 6.07) is 3.78. The van der Waals surface area contributed by atoms with Crippen LogP contribution in [0.4, 0.5) is 8.78 Å². The van der Waals surface area contributed by atoms with Crippen molar-refractivity contribution in [1.29, 1.82) is 0 Å². The smallest absolute Gasteiger partial charge is 0.133 e. The van der Waals surface area contributed by atoms with Gasteiger partial charge in [-0.25, -0.2) is 8.78 Å². The molecule has 0 aliphatic rings. The van der Waals surface area contributed by atoms with E-state index in [-0.39, 0.29) is 5.56 Å². The molecule has 0 saturated carbocycles. The predicted molar refractivity (Wildman–Crippen MR) is 49.1 cm³/mol. The van der Waals surface area contributed by atoms with Crippen molar-refractivity contribution in [2.24, 2.45) is 5.73 Å². The van der Waals surface area contributed by atoms with Gasteiger partial charge in [-0.05, 0) is 25.1 Å². The highest BCUT2D eigenvalue weighted by Crippen LogP contribution is 2.15. The van der Waals surface area contributed by atoms with Gasteiger partial charge in [0.05, 0.1) is 0 Å². The van der Waals surface area contributed by atoms with Crippen LogP contribution < -0.4 is 5.73 Å². The summed E-state index contributed by atoms with van der Waals surface area (Å²) >= 11 is 0. The molecule has 0 atom stereocenters. The van der Waals surface area contributed by atoms with Crippen molar-refractivity contribution in [1.82, 2.24) is 0 Å². The van der Waals surface area contributed by atoms with E-state index >= 15 is 0 Å². The first kappa shape index (κ1) is 9.86. The normalized spacial score (nSPS) is 11.8. The van der Waals surface area contributed by atoms with Crippen molar-refractivity contribution in [2.45, 2.75) is 6.92 Å². The zero-order chi connectivity index (χ0) is 9.84. The molecule has 13 heavy (non-hydrogen) atoms. The lowest BCUT2D eigenvalue weighted by Crippen LogP contribution is -2.00. The molecule has 0 radical (unpaired) electrons. The van der Waals surface area contributed by atoms with Crippen molar-refractivity contribution < 1.29 is 8.78 Å². The second kappa shape index (κ2) is 4.14. The maximum atomic E-state index is 13.0. The van der Waals surface area contributed by atoms with Crippen LogP contribution in [0.3, 0.4) is 0 Å². The topological polar surface area (TPSA) is 26.0 Å². The van der Waals surface area contributed by atoms with E-state index in [0.717, 1.165) is 5.57 Å². The molecule has 0 bridgehead atoms. The van der Waals surface area contributed by atoms with Crippen LogP contribution in [0.1, 0.15) is 12.5 Å². The van der Waals surface area contributed by atoms with Gasteiger partial charge in [0.1, 0.15) is 11.6 Å². The van der Waals surface area contributed by atoms with Crippen molar-refractivity contribution in [3.8, 4) is 0 Å². The first-order valence-corrected chi connectivity index (χ1v) is 3.96. The van der Waals surface area contributed by atoms with E-state index in [9.17, 15) is 8.78 Å². The zero-order valence-electron chi connectivity index (χ0n) is 7.35. The fourth-order valence-corrected chi connectivity index (χ4v) is 0.954. The Morgan fingerprint density at radius 2 is 1.92 bits per heavy atom. The largest absolute Gasteiger partial charge is 0.327 e. The lowest BCUT2D eigenvalue weighted by molar-refractivity contribution is 0.578. The van der Waals surface area contributed by atoms with Crippen molar-refractivity contribution in [3.63, 3.8) is 0 Å². The minimum absolute atomic E-state index is 0.0227. The molecule has 0 spiro atoms. The highest BCUT2D eigenvalue weighted by Gasteiger charge is 2.04. The summed E-state index contributed by atoms with van der Waals surface area (Å²) in [4.78, 5) is 0. The SMILES string of the molecule is C/C(=C/c1c(F)cccc1F)CN. The zero-order valence-corrected chi connectivity index (χ0v) is 7.35. The van der Waals surface area contributed by atoms with Gasteiger partial charge in [0.25, 0.3) is 0 Å². The highest BCUT2D eigenvalue weighted by atomic mass is 19.1. The summed E-state index contributed by atoms with van der Waals surface area (Å²) in [6.45, 7) is 2.03. The van der Waals surface area contributed by atoms with Crippen LogP contribution in [-0.2, 0) is 0 Å².